The van der Waals surface area contributed by atoms with E-state index in [1.54, 1.807) is 0 Å². The van der Waals surface area contributed by atoms with Crippen LogP contribution in [-0.2, 0) is 12.4 Å². The molecule has 8 aromatic rings. The smallest absolute Gasteiger partial charge is 0.357 e. The predicted octanol–water partition coefficient (Wildman–Crippen LogP) is 9.94. The van der Waals surface area contributed by atoms with Crippen LogP contribution in [0.4, 0.5) is 46.5 Å². The summed E-state index contributed by atoms with van der Waals surface area (Å²) in [6, 6.07) is 21.8. The SMILES string of the molecule is O=C(Nc1cccc(F)c1)c1cc(-c2n[nH]c3ccc(C(F)(F)F)cc23)c[nH]1.O=C(Nc1cccc(F)c1)c1ccc(-c2n[nH]c3ccc(C(F)(F)F)cc23)[nH]1. The number of aromatic nitrogens is 6. The van der Waals surface area contributed by atoms with Crippen molar-refractivity contribution in [2.24, 2.45) is 0 Å². The summed E-state index contributed by atoms with van der Waals surface area (Å²) in [4.78, 5) is 30.2. The minimum atomic E-state index is -4.48. The van der Waals surface area contributed by atoms with Gasteiger partial charge in [0.1, 0.15) is 34.4 Å². The molecular formula is C38H24F8N8O2. The summed E-state index contributed by atoms with van der Waals surface area (Å²) >= 11 is 0. The number of nitrogens with one attached hydrogen (secondary N) is 6. The second-order valence-electron chi connectivity index (χ2n) is 12.2. The molecule has 4 heterocycles. The van der Waals surface area contributed by atoms with Crippen molar-refractivity contribution >= 4 is 45.0 Å². The molecule has 0 fully saturated rings. The molecule has 4 aromatic carbocycles. The third-order valence-electron chi connectivity index (χ3n) is 8.33. The molecule has 0 aliphatic rings. The minimum absolute atomic E-state index is 0.155. The maximum absolute atomic E-state index is 13.2. The van der Waals surface area contributed by atoms with Crippen LogP contribution in [0.15, 0.2) is 109 Å². The number of benzene rings is 4. The molecule has 0 spiro atoms. The molecule has 4 aromatic heterocycles. The fourth-order valence-corrected chi connectivity index (χ4v) is 5.66. The lowest BCUT2D eigenvalue weighted by Crippen LogP contribution is -2.12. The zero-order chi connectivity index (χ0) is 39.8. The lowest BCUT2D eigenvalue weighted by atomic mass is 10.1. The minimum Gasteiger partial charge on any atom is -0.357 e. The van der Waals surface area contributed by atoms with Crippen LogP contribution in [0.3, 0.4) is 0 Å². The van der Waals surface area contributed by atoms with Crippen LogP contribution < -0.4 is 10.6 Å². The molecule has 6 N–H and O–H groups in total. The van der Waals surface area contributed by atoms with Crippen molar-refractivity contribution in [2.75, 3.05) is 10.6 Å². The lowest BCUT2D eigenvalue weighted by molar-refractivity contribution is -0.138. The Kier molecular flexibility index (Phi) is 9.63. The molecule has 0 aliphatic carbocycles. The normalized spacial score (nSPS) is 11.7. The second-order valence-corrected chi connectivity index (χ2v) is 12.2. The van der Waals surface area contributed by atoms with E-state index >= 15 is 0 Å². The highest BCUT2D eigenvalue weighted by Gasteiger charge is 2.32. The number of rotatable bonds is 6. The van der Waals surface area contributed by atoms with Gasteiger partial charge in [-0.15, -0.1) is 0 Å². The number of carbonyl (C=O) groups excluding carboxylic acids is 2. The standard InChI is InChI=1S/2C19H12F4N4O/c20-12-2-1-3-13(8-12)25-18(28)16-6-10(9-24-16)17-14-7-11(19(21,22)23)4-5-15(14)26-27-17;20-11-2-1-3-12(9-11)24-18(28)16-7-6-15(25-16)17-13-8-10(19(21,22)23)4-5-14(13)26-27-17/h1-9,24H,(H,25,28)(H,26,27);1-9,25H,(H,24,28)(H,26,27). The van der Waals surface area contributed by atoms with Crippen molar-refractivity contribution in [3.63, 3.8) is 0 Å². The van der Waals surface area contributed by atoms with E-state index in [0.717, 1.165) is 24.3 Å². The number of hydrogen-bond acceptors (Lipinski definition) is 4. The van der Waals surface area contributed by atoms with Crippen LogP contribution in [0.2, 0.25) is 0 Å². The molecule has 284 valence electrons. The van der Waals surface area contributed by atoms with Gasteiger partial charge in [0.05, 0.1) is 27.9 Å². The summed E-state index contributed by atoms with van der Waals surface area (Å²) < 4.78 is 104. The molecule has 8 rings (SSSR count). The van der Waals surface area contributed by atoms with Crippen LogP contribution in [0.1, 0.15) is 32.1 Å². The Balaban J connectivity index is 0.000000172. The largest absolute Gasteiger partial charge is 0.416 e. The third-order valence-corrected chi connectivity index (χ3v) is 8.33. The van der Waals surface area contributed by atoms with Gasteiger partial charge in [-0.1, -0.05) is 12.1 Å². The molecule has 10 nitrogen and oxygen atoms in total. The summed E-state index contributed by atoms with van der Waals surface area (Å²) in [6.07, 6.45) is -7.48. The van der Waals surface area contributed by atoms with E-state index in [1.807, 2.05) is 0 Å². The summed E-state index contributed by atoms with van der Waals surface area (Å²) in [5, 5.41) is 19.1. The Labute approximate surface area is 309 Å². The van der Waals surface area contributed by atoms with E-state index in [0.29, 0.717) is 22.3 Å². The Hall–Kier alpha value is -7.24. The number of hydrogen-bond donors (Lipinski definition) is 6. The maximum Gasteiger partial charge on any atom is 0.416 e. The predicted molar refractivity (Wildman–Crippen MR) is 190 cm³/mol. The van der Waals surface area contributed by atoms with Crippen molar-refractivity contribution in [3.8, 4) is 22.6 Å². The number of H-pyrrole nitrogens is 4. The molecule has 0 radical (unpaired) electrons. The highest BCUT2D eigenvalue weighted by molar-refractivity contribution is 6.05. The maximum atomic E-state index is 13.2. The molecule has 0 saturated heterocycles. The van der Waals surface area contributed by atoms with Gasteiger partial charge in [0.25, 0.3) is 11.8 Å². The number of carbonyl (C=O) groups is 2. The van der Waals surface area contributed by atoms with E-state index in [4.69, 9.17) is 0 Å². The molecule has 2 amide bonds. The van der Waals surface area contributed by atoms with Gasteiger partial charge in [0, 0.05) is 33.9 Å². The van der Waals surface area contributed by atoms with E-state index < -0.39 is 46.9 Å². The number of halogens is 8. The molecule has 0 atom stereocenters. The number of fused-ring (bicyclic) bond motifs is 2. The molecule has 0 bridgehead atoms. The molecular weight excluding hydrogens is 752 g/mol. The molecule has 56 heavy (non-hydrogen) atoms. The van der Waals surface area contributed by atoms with Crippen LogP contribution in [0.25, 0.3) is 44.5 Å². The van der Waals surface area contributed by atoms with E-state index in [1.165, 1.54) is 85.1 Å². The van der Waals surface area contributed by atoms with Gasteiger partial charge in [-0.25, -0.2) is 8.78 Å². The van der Waals surface area contributed by atoms with Gasteiger partial charge >= 0.3 is 12.4 Å². The summed E-state index contributed by atoms with van der Waals surface area (Å²) in [5.74, 6) is -2.03. The van der Waals surface area contributed by atoms with Gasteiger partial charge in [0.15, 0.2) is 0 Å². The summed E-state index contributed by atoms with van der Waals surface area (Å²) in [5.41, 5.74) is 1.50. The molecule has 0 saturated carbocycles. The van der Waals surface area contributed by atoms with Gasteiger partial charge in [0.2, 0.25) is 0 Å². The van der Waals surface area contributed by atoms with Crippen molar-refractivity contribution in [2.45, 2.75) is 12.4 Å². The monoisotopic (exact) mass is 776 g/mol. The van der Waals surface area contributed by atoms with Crippen LogP contribution >= 0.6 is 0 Å². The fraction of sp³-hybridized carbons (Fsp3) is 0.0526. The van der Waals surface area contributed by atoms with Gasteiger partial charge in [-0.3, -0.25) is 19.8 Å². The number of amides is 2. The van der Waals surface area contributed by atoms with Crippen molar-refractivity contribution in [1.29, 1.82) is 0 Å². The average Bonchev–Trinajstić information content (AvgIpc) is 3.96. The van der Waals surface area contributed by atoms with Crippen LogP contribution in [0, 0.1) is 11.6 Å². The first-order valence-electron chi connectivity index (χ1n) is 16.2. The summed E-state index contributed by atoms with van der Waals surface area (Å²) in [6.45, 7) is 0. The van der Waals surface area contributed by atoms with Gasteiger partial charge in [-0.05, 0) is 91.0 Å². The first-order valence-corrected chi connectivity index (χ1v) is 16.2. The first kappa shape index (κ1) is 37.1. The molecule has 18 heteroatoms. The molecule has 0 aliphatic heterocycles. The quantitative estimate of drug-likeness (QED) is 0.0934. The first-order chi connectivity index (χ1) is 26.6. The zero-order valence-corrected chi connectivity index (χ0v) is 28.1. The van der Waals surface area contributed by atoms with Gasteiger partial charge < -0.3 is 20.6 Å². The van der Waals surface area contributed by atoms with Crippen molar-refractivity contribution < 1.29 is 44.7 Å². The van der Waals surface area contributed by atoms with Crippen molar-refractivity contribution in [1.82, 2.24) is 30.4 Å². The van der Waals surface area contributed by atoms with Gasteiger partial charge in [-0.2, -0.15) is 36.5 Å². The Morgan fingerprint density at radius 1 is 0.571 bits per heavy atom. The summed E-state index contributed by atoms with van der Waals surface area (Å²) in [7, 11) is 0. The highest BCUT2D eigenvalue weighted by atomic mass is 19.4. The Bertz CT molecular complexity index is 2540. The van der Waals surface area contributed by atoms with E-state index in [2.05, 4.69) is 41.0 Å². The van der Waals surface area contributed by atoms with E-state index in [-0.39, 0.29) is 44.9 Å². The third kappa shape index (κ3) is 7.98. The second kappa shape index (κ2) is 14.5. The Morgan fingerprint density at radius 3 is 1.62 bits per heavy atom. The Morgan fingerprint density at radius 2 is 1.09 bits per heavy atom. The van der Waals surface area contributed by atoms with Crippen LogP contribution in [0.5, 0.6) is 0 Å². The fourth-order valence-electron chi connectivity index (χ4n) is 5.66. The lowest BCUT2D eigenvalue weighted by Gasteiger charge is -2.06. The number of aromatic amines is 4. The van der Waals surface area contributed by atoms with Crippen molar-refractivity contribution in [3.05, 3.63) is 143 Å². The number of anilines is 2. The number of alkyl halides is 6. The van der Waals surface area contributed by atoms with Crippen LogP contribution in [-0.4, -0.2) is 42.2 Å². The molecule has 0 unspecified atom stereocenters. The zero-order valence-electron chi connectivity index (χ0n) is 28.1. The average molecular weight is 777 g/mol. The number of nitrogens with zero attached hydrogens (tertiary/aromatic N) is 2. The topological polar surface area (TPSA) is 147 Å². The highest BCUT2D eigenvalue weighted by Crippen LogP contribution is 2.36. The van der Waals surface area contributed by atoms with E-state index in [9.17, 15) is 44.7 Å².